The van der Waals surface area contributed by atoms with Gasteiger partial charge in [0, 0.05) is 31.4 Å². The van der Waals surface area contributed by atoms with Crippen molar-refractivity contribution in [2.75, 3.05) is 13.1 Å². The van der Waals surface area contributed by atoms with Gasteiger partial charge in [-0.3, -0.25) is 9.69 Å². The molecule has 1 aliphatic rings. The summed E-state index contributed by atoms with van der Waals surface area (Å²) in [5, 5.41) is 8.13. The molecule has 0 radical (unpaired) electrons. The third-order valence-corrected chi connectivity index (χ3v) is 6.73. The maximum absolute atomic E-state index is 12.6. The normalized spacial score (nSPS) is 17.9. The number of hydrogen-bond donors (Lipinski definition) is 1. The summed E-state index contributed by atoms with van der Waals surface area (Å²) in [7, 11) is 0. The standard InChI is InChI=1S/C20H18N4O2S2/c25-19-15(10-18-23-14-4-1-2-5-16(14)26-18)24(8-7-21-19)11-13-12-28-20(22-13)17-6-3-9-27-17/h1-6,9,12,15H,7-8,10-11H2,(H,21,25)/t15-/m1/s1. The van der Waals surface area contributed by atoms with E-state index in [2.05, 4.69) is 32.0 Å². The highest BCUT2D eigenvalue weighted by Gasteiger charge is 2.31. The molecular formula is C20H18N4O2S2. The quantitative estimate of drug-likeness (QED) is 0.545. The number of nitrogens with zero attached hydrogens (tertiary/aromatic N) is 3. The fourth-order valence-electron chi connectivity index (χ4n) is 3.45. The molecule has 1 atom stereocenters. The molecule has 1 saturated heterocycles. The molecule has 1 aromatic carbocycles. The van der Waals surface area contributed by atoms with Crippen molar-refractivity contribution in [3.63, 3.8) is 0 Å². The summed E-state index contributed by atoms with van der Waals surface area (Å²) in [6.45, 7) is 2.06. The molecule has 3 aromatic heterocycles. The number of carbonyl (C=O) groups excluding carboxylic acids is 1. The maximum atomic E-state index is 12.6. The molecule has 1 aliphatic heterocycles. The van der Waals surface area contributed by atoms with E-state index in [0.29, 0.717) is 25.4 Å². The number of thiazole rings is 1. The van der Waals surface area contributed by atoms with Gasteiger partial charge in [-0.1, -0.05) is 18.2 Å². The third kappa shape index (κ3) is 3.46. The summed E-state index contributed by atoms with van der Waals surface area (Å²) in [5.74, 6) is 0.605. The maximum Gasteiger partial charge on any atom is 0.237 e. The molecule has 0 bridgehead atoms. The molecular weight excluding hydrogens is 392 g/mol. The second kappa shape index (κ2) is 7.46. The van der Waals surface area contributed by atoms with Crippen LogP contribution in [0.25, 0.3) is 21.0 Å². The van der Waals surface area contributed by atoms with E-state index in [1.165, 1.54) is 4.88 Å². The minimum atomic E-state index is -0.311. The summed E-state index contributed by atoms with van der Waals surface area (Å²) in [5.41, 5.74) is 2.56. The lowest BCUT2D eigenvalue weighted by atomic mass is 10.1. The molecule has 5 rings (SSSR count). The molecule has 1 amide bonds. The van der Waals surface area contributed by atoms with E-state index >= 15 is 0 Å². The Morgan fingerprint density at radius 3 is 2.96 bits per heavy atom. The van der Waals surface area contributed by atoms with Crippen molar-refractivity contribution in [2.24, 2.45) is 0 Å². The number of aromatic nitrogens is 2. The van der Waals surface area contributed by atoms with Crippen LogP contribution >= 0.6 is 22.7 Å². The first-order chi connectivity index (χ1) is 13.8. The smallest absolute Gasteiger partial charge is 0.237 e. The fourth-order valence-corrected chi connectivity index (χ4v) is 5.07. The Kier molecular flexibility index (Phi) is 4.67. The van der Waals surface area contributed by atoms with E-state index in [9.17, 15) is 4.79 Å². The highest BCUT2D eigenvalue weighted by Crippen LogP contribution is 2.28. The average Bonchev–Trinajstić information content (AvgIpc) is 3.44. The van der Waals surface area contributed by atoms with Crippen molar-refractivity contribution in [3.8, 4) is 9.88 Å². The summed E-state index contributed by atoms with van der Waals surface area (Å²) < 4.78 is 5.84. The zero-order valence-corrected chi connectivity index (χ0v) is 16.6. The SMILES string of the molecule is O=C1NCCN(Cc2csc(-c3cccs3)n2)[C@@H]1Cc1nc2ccccc2o1. The van der Waals surface area contributed by atoms with Gasteiger partial charge in [-0.25, -0.2) is 9.97 Å². The number of rotatable bonds is 5. The van der Waals surface area contributed by atoms with Gasteiger partial charge < -0.3 is 9.73 Å². The highest BCUT2D eigenvalue weighted by atomic mass is 32.1. The van der Waals surface area contributed by atoms with Crippen molar-refractivity contribution in [3.05, 3.63) is 58.7 Å². The number of thiophene rings is 1. The Bertz CT molecular complexity index is 1070. The Morgan fingerprint density at radius 1 is 1.18 bits per heavy atom. The first-order valence-electron chi connectivity index (χ1n) is 9.11. The molecule has 8 heteroatoms. The number of piperazine rings is 1. The molecule has 0 unspecified atom stereocenters. The minimum absolute atomic E-state index is 0.0159. The lowest BCUT2D eigenvalue weighted by Gasteiger charge is -2.33. The van der Waals surface area contributed by atoms with Crippen LogP contribution < -0.4 is 5.32 Å². The first kappa shape index (κ1) is 17.5. The monoisotopic (exact) mass is 410 g/mol. The molecule has 142 valence electrons. The molecule has 1 fully saturated rings. The van der Waals surface area contributed by atoms with Crippen molar-refractivity contribution in [2.45, 2.75) is 19.0 Å². The van der Waals surface area contributed by atoms with E-state index in [4.69, 9.17) is 9.40 Å². The fraction of sp³-hybridized carbons (Fsp3) is 0.250. The highest BCUT2D eigenvalue weighted by molar-refractivity contribution is 7.20. The van der Waals surface area contributed by atoms with Crippen LogP contribution in [0, 0.1) is 0 Å². The minimum Gasteiger partial charge on any atom is -0.441 e. The van der Waals surface area contributed by atoms with Crippen LogP contribution in [0.3, 0.4) is 0 Å². The van der Waals surface area contributed by atoms with Crippen LogP contribution in [0.4, 0.5) is 0 Å². The van der Waals surface area contributed by atoms with Crippen LogP contribution in [0.5, 0.6) is 0 Å². The van der Waals surface area contributed by atoms with Gasteiger partial charge in [0.25, 0.3) is 0 Å². The van der Waals surface area contributed by atoms with Gasteiger partial charge in [-0.05, 0) is 23.6 Å². The lowest BCUT2D eigenvalue weighted by molar-refractivity contribution is -0.129. The predicted molar refractivity (Wildman–Crippen MR) is 110 cm³/mol. The van der Waals surface area contributed by atoms with Crippen molar-refractivity contribution < 1.29 is 9.21 Å². The second-order valence-electron chi connectivity index (χ2n) is 6.68. The van der Waals surface area contributed by atoms with Gasteiger partial charge in [-0.15, -0.1) is 22.7 Å². The summed E-state index contributed by atoms with van der Waals surface area (Å²) in [4.78, 5) is 25.2. The van der Waals surface area contributed by atoms with Gasteiger partial charge in [0.2, 0.25) is 5.91 Å². The van der Waals surface area contributed by atoms with Gasteiger partial charge in [-0.2, -0.15) is 0 Å². The Hall–Kier alpha value is -2.55. The van der Waals surface area contributed by atoms with E-state index in [1.54, 1.807) is 22.7 Å². The van der Waals surface area contributed by atoms with Crippen molar-refractivity contribution in [1.29, 1.82) is 0 Å². The zero-order chi connectivity index (χ0) is 18.9. The van der Waals surface area contributed by atoms with E-state index in [-0.39, 0.29) is 11.9 Å². The van der Waals surface area contributed by atoms with Gasteiger partial charge in [0.05, 0.1) is 16.6 Å². The van der Waals surface area contributed by atoms with Crippen LogP contribution in [0.1, 0.15) is 11.6 Å². The van der Waals surface area contributed by atoms with Gasteiger partial charge in [0.15, 0.2) is 11.5 Å². The molecule has 4 heterocycles. The molecule has 4 aromatic rings. The summed E-state index contributed by atoms with van der Waals surface area (Å²) in [6, 6.07) is 11.5. The summed E-state index contributed by atoms with van der Waals surface area (Å²) >= 11 is 3.34. The number of fused-ring (bicyclic) bond motifs is 1. The molecule has 1 N–H and O–H groups in total. The second-order valence-corrected chi connectivity index (χ2v) is 8.48. The zero-order valence-electron chi connectivity index (χ0n) is 15.0. The molecule has 0 saturated carbocycles. The lowest BCUT2D eigenvalue weighted by Crippen LogP contribution is -2.55. The van der Waals surface area contributed by atoms with Crippen LogP contribution in [-0.2, 0) is 17.8 Å². The molecule has 0 spiro atoms. The van der Waals surface area contributed by atoms with E-state index in [0.717, 1.165) is 28.3 Å². The topological polar surface area (TPSA) is 71.3 Å². The Labute approximate surface area is 169 Å². The van der Waals surface area contributed by atoms with Crippen LogP contribution in [0.2, 0.25) is 0 Å². The number of carbonyl (C=O) groups is 1. The van der Waals surface area contributed by atoms with E-state index < -0.39 is 0 Å². The van der Waals surface area contributed by atoms with Crippen molar-refractivity contribution >= 4 is 39.7 Å². The number of para-hydroxylation sites is 2. The average molecular weight is 411 g/mol. The third-order valence-electron chi connectivity index (χ3n) is 4.80. The van der Waals surface area contributed by atoms with Gasteiger partial charge >= 0.3 is 0 Å². The number of nitrogens with one attached hydrogen (secondary N) is 1. The molecule has 28 heavy (non-hydrogen) atoms. The number of hydrogen-bond acceptors (Lipinski definition) is 7. The van der Waals surface area contributed by atoms with E-state index in [1.807, 2.05) is 30.3 Å². The molecule has 6 nitrogen and oxygen atoms in total. The predicted octanol–water partition coefficient (Wildman–Crippen LogP) is 3.56. The number of benzene rings is 1. The first-order valence-corrected chi connectivity index (χ1v) is 10.9. The Balaban J connectivity index is 1.35. The van der Waals surface area contributed by atoms with Crippen molar-refractivity contribution in [1.82, 2.24) is 20.2 Å². The largest absolute Gasteiger partial charge is 0.441 e. The Morgan fingerprint density at radius 2 is 2.11 bits per heavy atom. The number of amides is 1. The summed E-state index contributed by atoms with van der Waals surface area (Å²) in [6.07, 6.45) is 0.447. The van der Waals surface area contributed by atoms with Crippen LogP contribution in [-0.4, -0.2) is 39.9 Å². The number of oxazole rings is 1. The van der Waals surface area contributed by atoms with Crippen LogP contribution in [0.15, 0.2) is 51.6 Å². The van der Waals surface area contributed by atoms with Gasteiger partial charge in [0.1, 0.15) is 10.5 Å². The molecule has 0 aliphatic carbocycles.